The summed E-state index contributed by atoms with van der Waals surface area (Å²) in [6.07, 6.45) is -0.830. The summed E-state index contributed by atoms with van der Waals surface area (Å²) in [4.78, 5) is 23.3. The Labute approximate surface area is 168 Å². The van der Waals surface area contributed by atoms with Gasteiger partial charge in [-0.1, -0.05) is 23.7 Å². The monoisotopic (exact) mass is 409 g/mol. The van der Waals surface area contributed by atoms with Gasteiger partial charge in [0, 0.05) is 6.42 Å². The average Bonchev–Trinajstić information content (AvgIpc) is 2.99. The molecule has 2 rings (SSSR count). The van der Waals surface area contributed by atoms with Crippen LogP contribution in [0.5, 0.6) is 5.75 Å². The van der Waals surface area contributed by atoms with E-state index in [1.807, 2.05) is 19.1 Å². The van der Waals surface area contributed by atoms with Crippen molar-refractivity contribution in [2.24, 2.45) is 0 Å². The van der Waals surface area contributed by atoms with Crippen LogP contribution in [0.15, 0.2) is 34.7 Å². The number of alkyl carbamates (subject to hydrolysis) is 1. The Balaban J connectivity index is 1.97. The average molecular weight is 410 g/mol. The fourth-order valence-corrected chi connectivity index (χ4v) is 2.68. The number of carboxylic acids is 1. The van der Waals surface area contributed by atoms with Crippen molar-refractivity contribution in [3.05, 3.63) is 52.4 Å². The van der Waals surface area contributed by atoms with Crippen LogP contribution in [0.4, 0.5) is 4.79 Å². The maximum absolute atomic E-state index is 11.8. The zero-order valence-electron chi connectivity index (χ0n) is 16.2. The van der Waals surface area contributed by atoms with E-state index in [4.69, 9.17) is 25.5 Å². The predicted octanol–water partition coefficient (Wildman–Crippen LogP) is 4.34. The molecule has 2 aromatic rings. The van der Waals surface area contributed by atoms with Gasteiger partial charge >= 0.3 is 12.1 Å². The van der Waals surface area contributed by atoms with Gasteiger partial charge in [-0.25, -0.2) is 9.59 Å². The number of carboxylic acid groups (broad SMARTS) is 1. The number of furan rings is 1. The lowest BCUT2D eigenvalue weighted by Gasteiger charge is -2.21. The second kappa shape index (κ2) is 9.01. The van der Waals surface area contributed by atoms with Crippen molar-refractivity contribution < 1.29 is 28.6 Å². The topological polar surface area (TPSA) is 98.0 Å². The van der Waals surface area contributed by atoms with Crippen molar-refractivity contribution in [1.82, 2.24) is 5.32 Å². The molecule has 0 saturated carbocycles. The second-order valence-electron chi connectivity index (χ2n) is 7.28. The molecule has 1 aromatic heterocycles. The molecule has 152 valence electrons. The minimum atomic E-state index is -1.19. The highest BCUT2D eigenvalue weighted by atomic mass is 35.5. The van der Waals surface area contributed by atoms with Crippen LogP contribution in [0, 0.1) is 6.92 Å². The van der Waals surface area contributed by atoms with E-state index in [1.54, 1.807) is 39.0 Å². The van der Waals surface area contributed by atoms with Gasteiger partial charge in [0.1, 0.15) is 35.5 Å². The van der Waals surface area contributed by atoms with E-state index < -0.39 is 23.7 Å². The summed E-state index contributed by atoms with van der Waals surface area (Å²) >= 11 is 6.13. The molecule has 0 aliphatic heterocycles. The normalized spacial score (nSPS) is 12.3. The highest BCUT2D eigenvalue weighted by Gasteiger charge is 2.25. The van der Waals surface area contributed by atoms with Gasteiger partial charge in [-0.3, -0.25) is 0 Å². The van der Waals surface area contributed by atoms with Crippen molar-refractivity contribution in [2.45, 2.75) is 52.4 Å². The minimum absolute atomic E-state index is 0.0281. The summed E-state index contributed by atoms with van der Waals surface area (Å²) in [7, 11) is 0. The van der Waals surface area contributed by atoms with Crippen LogP contribution in [0.3, 0.4) is 0 Å². The molecule has 0 fully saturated rings. The molecule has 0 bridgehead atoms. The van der Waals surface area contributed by atoms with Crippen molar-refractivity contribution >= 4 is 23.7 Å². The van der Waals surface area contributed by atoms with Gasteiger partial charge < -0.3 is 24.3 Å². The molecule has 7 nitrogen and oxygen atoms in total. The standard InChI is InChI=1S/C20H24ClNO6/c1-12-6-5-7-15(21)17(12)26-11-14-9-8-13(27-14)10-16(18(23)24)22-19(25)28-20(2,3)4/h5-9,16H,10-11H2,1-4H3,(H,22,25)(H,23,24). The third kappa shape index (κ3) is 6.49. The summed E-state index contributed by atoms with van der Waals surface area (Å²) in [6.45, 7) is 7.11. The van der Waals surface area contributed by atoms with E-state index >= 15 is 0 Å². The number of halogens is 1. The van der Waals surface area contributed by atoms with E-state index in [9.17, 15) is 14.7 Å². The Hall–Kier alpha value is -2.67. The van der Waals surface area contributed by atoms with Crippen LogP contribution < -0.4 is 10.1 Å². The highest BCUT2D eigenvalue weighted by Crippen LogP contribution is 2.28. The Bertz CT molecular complexity index is 819. The summed E-state index contributed by atoms with van der Waals surface area (Å²) in [6, 6.07) is 7.60. The van der Waals surface area contributed by atoms with E-state index in [0.29, 0.717) is 22.3 Å². The van der Waals surface area contributed by atoms with Crippen LogP contribution in [-0.2, 0) is 22.6 Å². The minimum Gasteiger partial charge on any atom is -0.484 e. The predicted molar refractivity (Wildman–Crippen MR) is 104 cm³/mol. The Morgan fingerprint density at radius 1 is 1.21 bits per heavy atom. The maximum Gasteiger partial charge on any atom is 0.408 e. The Morgan fingerprint density at radius 2 is 1.89 bits per heavy atom. The molecule has 1 unspecified atom stereocenters. The van der Waals surface area contributed by atoms with E-state index in [-0.39, 0.29) is 13.0 Å². The highest BCUT2D eigenvalue weighted by molar-refractivity contribution is 6.32. The van der Waals surface area contributed by atoms with Crippen LogP contribution >= 0.6 is 11.6 Å². The summed E-state index contributed by atoms with van der Waals surface area (Å²) < 4.78 is 16.4. The van der Waals surface area contributed by atoms with Gasteiger partial charge in [-0.05, 0) is 51.5 Å². The van der Waals surface area contributed by atoms with Gasteiger partial charge in [0.05, 0.1) is 5.02 Å². The van der Waals surface area contributed by atoms with Gasteiger partial charge in [-0.15, -0.1) is 0 Å². The molecule has 2 N–H and O–H groups in total. The van der Waals surface area contributed by atoms with E-state index in [0.717, 1.165) is 5.56 Å². The number of para-hydroxylation sites is 1. The summed E-state index contributed by atoms with van der Waals surface area (Å²) in [5.74, 6) is 0.289. The largest absolute Gasteiger partial charge is 0.484 e. The molecule has 28 heavy (non-hydrogen) atoms. The van der Waals surface area contributed by atoms with Crippen molar-refractivity contribution in [2.75, 3.05) is 0 Å². The SMILES string of the molecule is Cc1cccc(Cl)c1OCc1ccc(CC(NC(=O)OC(C)(C)C)C(=O)O)o1. The number of carbonyl (C=O) groups excluding carboxylic acids is 1. The molecule has 0 radical (unpaired) electrons. The molecule has 8 heteroatoms. The Kier molecular flexibility index (Phi) is 6.96. The van der Waals surface area contributed by atoms with Crippen molar-refractivity contribution in [1.29, 1.82) is 0 Å². The third-order valence-electron chi connectivity index (χ3n) is 3.63. The number of benzene rings is 1. The molecule has 0 aliphatic carbocycles. The van der Waals surface area contributed by atoms with Crippen molar-refractivity contribution in [3.8, 4) is 5.75 Å². The van der Waals surface area contributed by atoms with Gasteiger partial charge in [0.25, 0.3) is 0 Å². The molecular weight excluding hydrogens is 386 g/mol. The molecule has 0 aliphatic rings. The first-order valence-electron chi connectivity index (χ1n) is 8.73. The zero-order chi connectivity index (χ0) is 20.9. The quantitative estimate of drug-likeness (QED) is 0.705. The molecule has 1 amide bonds. The third-order valence-corrected chi connectivity index (χ3v) is 3.93. The smallest absolute Gasteiger partial charge is 0.408 e. The fourth-order valence-electron chi connectivity index (χ4n) is 2.40. The van der Waals surface area contributed by atoms with Gasteiger partial charge in [0.15, 0.2) is 0 Å². The number of aliphatic carboxylic acids is 1. The van der Waals surface area contributed by atoms with E-state index in [1.165, 1.54) is 0 Å². The molecule has 0 saturated heterocycles. The van der Waals surface area contributed by atoms with Crippen LogP contribution in [0.1, 0.15) is 37.9 Å². The van der Waals surface area contributed by atoms with Gasteiger partial charge in [0.2, 0.25) is 0 Å². The summed E-state index contributed by atoms with van der Waals surface area (Å²) in [5.41, 5.74) is 0.172. The lowest BCUT2D eigenvalue weighted by molar-refractivity contribution is -0.139. The van der Waals surface area contributed by atoms with Crippen LogP contribution in [-0.4, -0.2) is 28.8 Å². The lowest BCUT2D eigenvalue weighted by atomic mass is 10.1. The fraction of sp³-hybridized carbons (Fsp3) is 0.400. The number of hydrogen-bond donors (Lipinski definition) is 2. The Morgan fingerprint density at radius 3 is 2.50 bits per heavy atom. The number of nitrogens with one attached hydrogen (secondary N) is 1. The molecule has 0 spiro atoms. The first-order valence-corrected chi connectivity index (χ1v) is 9.11. The van der Waals surface area contributed by atoms with Crippen molar-refractivity contribution in [3.63, 3.8) is 0 Å². The molecule has 1 heterocycles. The lowest BCUT2D eigenvalue weighted by Crippen LogP contribution is -2.44. The van der Waals surface area contributed by atoms with Crippen LogP contribution in [0.25, 0.3) is 0 Å². The number of carbonyl (C=O) groups is 2. The number of aryl methyl sites for hydroxylation is 1. The first kappa shape index (κ1) is 21.6. The van der Waals surface area contributed by atoms with Crippen LogP contribution in [0.2, 0.25) is 5.02 Å². The van der Waals surface area contributed by atoms with E-state index in [2.05, 4.69) is 5.32 Å². The first-order chi connectivity index (χ1) is 13.0. The number of rotatable bonds is 7. The molecule has 1 atom stereocenters. The second-order valence-corrected chi connectivity index (χ2v) is 7.69. The number of hydrogen-bond acceptors (Lipinski definition) is 5. The number of amides is 1. The number of ether oxygens (including phenoxy) is 2. The molecule has 1 aromatic carbocycles. The molecular formula is C20H24ClNO6. The summed E-state index contributed by atoms with van der Waals surface area (Å²) in [5, 5.41) is 12.2. The maximum atomic E-state index is 11.8. The zero-order valence-corrected chi connectivity index (χ0v) is 17.0. The van der Waals surface area contributed by atoms with Gasteiger partial charge in [-0.2, -0.15) is 0 Å².